The van der Waals surface area contributed by atoms with Gasteiger partial charge in [0, 0.05) is 19.4 Å². The Hall–Kier alpha value is -2.99. The molecule has 1 aliphatic rings. The molecule has 1 heterocycles. The zero-order valence-corrected chi connectivity index (χ0v) is 13.6. The molecule has 1 atom stereocenters. The third kappa shape index (κ3) is 4.10. The molecule has 2 aromatic carbocycles. The molecule has 0 unspecified atom stereocenters. The van der Waals surface area contributed by atoms with Crippen molar-refractivity contribution in [3.05, 3.63) is 66.2 Å². The normalized spacial score (nSPS) is 15.5. The minimum Gasteiger partial charge on any atom is -0.387 e. The summed E-state index contributed by atoms with van der Waals surface area (Å²) in [6.45, 7) is 0.0845. The summed E-state index contributed by atoms with van der Waals surface area (Å²) < 4.78 is 0. The topological polar surface area (TPSA) is 82.0 Å². The average Bonchev–Trinajstić information content (AvgIpc) is 2.67. The molecular weight excluding hydrogens is 318 g/mol. The van der Waals surface area contributed by atoms with Gasteiger partial charge in [-0.05, 0) is 17.7 Å². The number of carbonyl (C=O) groups is 2. The van der Waals surface area contributed by atoms with Gasteiger partial charge in [0.1, 0.15) is 5.71 Å². The molecule has 2 amide bonds. The van der Waals surface area contributed by atoms with Gasteiger partial charge in [-0.1, -0.05) is 48.5 Å². The molecule has 0 aliphatic carbocycles. The Morgan fingerprint density at radius 1 is 1.08 bits per heavy atom. The average molecular weight is 337 g/mol. The van der Waals surface area contributed by atoms with Crippen molar-refractivity contribution in [1.82, 2.24) is 5.32 Å². The van der Waals surface area contributed by atoms with Crippen LogP contribution in [0.3, 0.4) is 0 Å². The van der Waals surface area contributed by atoms with E-state index >= 15 is 0 Å². The fourth-order valence-corrected chi connectivity index (χ4v) is 2.57. The lowest BCUT2D eigenvalue weighted by atomic mass is 10.1. The second-order valence-corrected chi connectivity index (χ2v) is 5.72. The quantitative estimate of drug-likeness (QED) is 0.876. The van der Waals surface area contributed by atoms with E-state index in [-0.39, 0.29) is 36.9 Å². The van der Waals surface area contributed by atoms with Crippen molar-refractivity contribution < 1.29 is 14.7 Å². The summed E-state index contributed by atoms with van der Waals surface area (Å²) in [6.07, 6.45) is -0.279. The first-order chi connectivity index (χ1) is 12.1. The number of amides is 2. The first-order valence-corrected chi connectivity index (χ1v) is 8.12. The van der Waals surface area contributed by atoms with Crippen LogP contribution >= 0.6 is 0 Å². The van der Waals surface area contributed by atoms with Crippen LogP contribution in [-0.2, 0) is 9.59 Å². The molecular formula is C19H19N3O3. The zero-order chi connectivity index (χ0) is 17.6. The van der Waals surface area contributed by atoms with Gasteiger partial charge in [-0.3, -0.25) is 9.59 Å². The molecule has 0 bridgehead atoms. The minimum absolute atomic E-state index is 0.0845. The molecule has 2 N–H and O–H groups in total. The Morgan fingerprint density at radius 3 is 2.40 bits per heavy atom. The van der Waals surface area contributed by atoms with Crippen molar-refractivity contribution in [3.8, 4) is 0 Å². The summed E-state index contributed by atoms with van der Waals surface area (Å²) in [5, 5.41) is 18.2. The van der Waals surface area contributed by atoms with Gasteiger partial charge in [-0.25, -0.2) is 5.01 Å². The summed E-state index contributed by atoms with van der Waals surface area (Å²) in [4.78, 5) is 24.4. The summed E-state index contributed by atoms with van der Waals surface area (Å²) in [5.41, 5.74) is 1.64. The van der Waals surface area contributed by atoms with Gasteiger partial charge in [0.25, 0.3) is 5.91 Å². The van der Waals surface area contributed by atoms with Gasteiger partial charge in [0.2, 0.25) is 5.91 Å². The number of hydrogen-bond donors (Lipinski definition) is 2. The lowest BCUT2D eigenvalue weighted by Gasteiger charge is -2.23. The Morgan fingerprint density at radius 2 is 1.72 bits per heavy atom. The van der Waals surface area contributed by atoms with Gasteiger partial charge in [-0.15, -0.1) is 0 Å². The second kappa shape index (κ2) is 7.72. The summed E-state index contributed by atoms with van der Waals surface area (Å²) in [6, 6.07) is 18.1. The molecule has 0 spiro atoms. The number of hydrogen-bond acceptors (Lipinski definition) is 4. The molecule has 6 nitrogen and oxygen atoms in total. The highest BCUT2D eigenvalue weighted by Crippen LogP contribution is 2.19. The molecule has 0 radical (unpaired) electrons. The first kappa shape index (κ1) is 16.9. The number of anilines is 1. The number of nitrogens with zero attached hydrogens (tertiary/aromatic N) is 2. The fraction of sp³-hybridized carbons (Fsp3) is 0.211. The lowest BCUT2D eigenvalue weighted by molar-refractivity contribution is -0.119. The molecule has 25 heavy (non-hydrogen) atoms. The number of rotatable bonds is 5. The van der Waals surface area contributed by atoms with E-state index in [1.807, 2.05) is 36.4 Å². The van der Waals surface area contributed by atoms with Crippen LogP contribution in [0, 0.1) is 0 Å². The van der Waals surface area contributed by atoms with E-state index < -0.39 is 6.10 Å². The standard InChI is InChI=1S/C19H19N3O3/c23-17(14-7-3-1-4-8-14)13-20-19(25)16-11-12-18(24)22(21-16)15-9-5-2-6-10-15/h1-10,17,23H,11-13H2,(H,20,25)/t17-/m0/s1. The number of carbonyl (C=O) groups excluding carboxylic acids is 2. The van der Waals surface area contributed by atoms with Gasteiger partial charge >= 0.3 is 0 Å². The van der Waals surface area contributed by atoms with E-state index in [9.17, 15) is 14.7 Å². The predicted molar refractivity (Wildman–Crippen MR) is 95.0 cm³/mol. The van der Waals surface area contributed by atoms with E-state index in [1.54, 1.807) is 24.3 Å². The van der Waals surface area contributed by atoms with Crippen LogP contribution in [0.1, 0.15) is 24.5 Å². The van der Waals surface area contributed by atoms with Crippen LogP contribution < -0.4 is 10.3 Å². The second-order valence-electron chi connectivity index (χ2n) is 5.72. The summed E-state index contributed by atoms with van der Waals surface area (Å²) in [5.74, 6) is -0.518. The molecule has 2 aromatic rings. The van der Waals surface area contributed by atoms with E-state index in [1.165, 1.54) is 5.01 Å². The highest BCUT2D eigenvalue weighted by molar-refractivity contribution is 6.40. The van der Waals surface area contributed by atoms with Crippen LogP contribution in [0.2, 0.25) is 0 Å². The summed E-state index contributed by atoms with van der Waals surface area (Å²) in [7, 11) is 0. The molecule has 0 saturated carbocycles. The third-order valence-corrected chi connectivity index (χ3v) is 3.94. The number of para-hydroxylation sites is 1. The monoisotopic (exact) mass is 337 g/mol. The van der Waals surface area contributed by atoms with Gasteiger partial charge in [-0.2, -0.15) is 5.10 Å². The van der Waals surface area contributed by atoms with E-state index in [0.717, 1.165) is 5.56 Å². The van der Waals surface area contributed by atoms with Crippen molar-refractivity contribution in [1.29, 1.82) is 0 Å². The third-order valence-electron chi connectivity index (χ3n) is 3.94. The van der Waals surface area contributed by atoms with Crippen LogP contribution in [-0.4, -0.2) is 29.2 Å². The highest BCUT2D eigenvalue weighted by atomic mass is 16.3. The number of hydrazone groups is 1. The largest absolute Gasteiger partial charge is 0.387 e. The zero-order valence-electron chi connectivity index (χ0n) is 13.6. The molecule has 3 rings (SSSR count). The molecule has 6 heteroatoms. The maximum absolute atomic E-state index is 12.3. The Bertz CT molecular complexity index is 775. The maximum atomic E-state index is 12.3. The first-order valence-electron chi connectivity index (χ1n) is 8.12. The van der Waals surface area contributed by atoms with Crippen LogP contribution in [0.25, 0.3) is 0 Å². The van der Waals surface area contributed by atoms with Crippen LogP contribution in [0.5, 0.6) is 0 Å². The summed E-state index contributed by atoms with van der Waals surface area (Å²) >= 11 is 0. The van der Waals surface area contributed by atoms with Gasteiger partial charge in [0.15, 0.2) is 0 Å². The van der Waals surface area contributed by atoms with Crippen LogP contribution in [0.4, 0.5) is 5.69 Å². The van der Waals surface area contributed by atoms with Crippen molar-refractivity contribution in [2.45, 2.75) is 18.9 Å². The Kier molecular flexibility index (Phi) is 5.20. The van der Waals surface area contributed by atoms with Gasteiger partial charge in [0.05, 0.1) is 11.8 Å². The number of aliphatic hydroxyl groups excluding tert-OH is 1. The molecule has 0 aromatic heterocycles. The predicted octanol–water partition coefficient (Wildman–Crippen LogP) is 2.02. The number of aliphatic hydroxyl groups is 1. The molecule has 128 valence electrons. The van der Waals surface area contributed by atoms with Crippen molar-refractivity contribution in [3.63, 3.8) is 0 Å². The van der Waals surface area contributed by atoms with Gasteiger partial charge < -0.3 is 10.4 Å². The smallest absolute Gasteiger partial charge is 0.267 e. The van der Waals surface area contributed by atoms with Crippen molar-refractivity contribution in [2.75, 3.05) is 11.6 Å². The van der Waals surface area contributed by atoms with E-state index in [4.69, 9.17) is 0 Å². The molecule has 0 fully saturated rings. The molecule has 0 saturated heterocycles. The number of nitrogens with one attached hydrogen (secondary N) is 1. The fourth-order valence-electron chi connectivity index (χ4n) is 2.57. The Labute approximate surface area is 145 Å². The van der Waals surface area contributed by atoms with Crippen LogP contribution in [0.15, 0.2) is 65.8 Å². The lowest BCUT2D eigenvalue weighted by Crippen LogP contribution is -2.40. The Balaban J connectivity index is 1.66. The highest BCUT2D eigenvalue weighted by Gasteiger charge is 2.25. The van der Waals surface area contributed by atoms with Crippen molar-refractivity contribution >= 4 is 23.2 Å². The SMILES string of the molecule is O=C(NC[C@H](O)c1ccccc1)C1=NN(c2ccccc2)C(=O)CC1. The van der Waals surface area contributed by atoms with E-state index in [2.05, 4.69) is 10.4 Å². The van der Waals surface area contributed by atoms with E-state index in [0.29, 0.717) is 5.69 Å². The maximum Gasteiger partial charge on any atom is 0.267 e. The minimum atomic E-state index is -0.791. The molecule has 1 aliphatic heterocycles. The van der Waals surface area contributed by atoms with Crippen molar-refractivity contribution in [2.24, 2.45) is 5.10 Å². The number of benzene rings is 2.